The van der Waals surface area contributed by atoms with Gasteiger partial charge in [-0.05, 0) is 22.3 Å². The Labute approximate surface area is 321 Å². The molecule has 0 N–H and O–H groups in total. The number of nitriles is 1. The second-order valence-electron chi connectivity index (χ2n) is 13.7. The van der Waals surface area contributed by atoms with Gasteiger partial charge in [-0.2, -0.15) is 5.26 Å². The standard InChI is InChI=1S/C49H34N6/c1-49(2,39-28-24-37(25-29-39)47-52-42(33-16-8-4-9-17-33)41(32-50)43(53-47)34-18-10-5-11-19-34)40-30-26-38(27-31-40)48-54-44(35-20-12-6-13-21-35)46(51-3)45(55-48)36-22-14-7-15-23-36/h4-31H,1-2H3. The summed E-state index contributed by atoms with van der Waals surface area (Å²) in [4.78, 5) is 23.8. The first-order chi connectivity index (χ1) is 26.9. The molecule has 0 radical (unpaired) electrons. The Bertz CT molecular complexity index is 2380. The maximum Gasteiger partial charge on any atom is 0.238 e. The van der Waals surface area contributed by atoms with E-state index in [0.29, 0.717) is 45.7 Å². The van der Waals surface area contributed by atoms with E-state index < -0.39 is 0 Å². The molecule has 0 aliphatic heterocycles. The summed E-state index contributed by atoms with van der Waals surface area (Å²) in [6, 6.07) is 58.3. The summed E-state index contributed by atoms with van der Waals surface area (Å²) in [5, 5.41) is 10.3. The second-order valence-corrected chi connectivity index (χ2v) is 13.7. The molecule has 0 bridgehead atoms. The third kappa shape index (κ3) is 6.77. The zero-order chi connectivity index (χ0) is 37.8. The van der Waals surface area contributed by atoms with Crippen LogP contribution in [0.15, 0.2) is 170 Å². The van der Waals surface area contributed by atoms with Crippen LogP contribution in [0.2, 0.25) is 0 Å². The topological polar surface area (TPSA) is 79.7 Å². The molecular formula is C49H34N6. The van der Waals surface area contributed by atoms with Crippen LogP contribution in [0, 0.1) is 17.9 Å². The average Bonchev–Trinajstić information content (AvgIpc) is 3.26. The predicted octanol–water partition coefficient (Wildman–Crippen LogP) is 12.0. The Balaban J connectivity index is 1.14. The molecule has 0 aliphatic rings. The Morgan fingerprint density at radius 2 is 0.745 bits per heavy atom. The highest BCUT2D eigenvalue weighted by Gasteiger charge is 2.25. The first-order valence-corrected chi connectivity index (χ1v) is 18.0. The summed E-state index contributed by atoms with van der Waals surface area (Å²) in [5.41, 5.74) is 10.4. The summed E-state index contributed by atoms with van der Waals surface area (Å²) in [5.74, 6) is 1.12. The van der Waals surface area contributed by atoms with Crippen molar-refractivity contribution in [2.24, 2.45) is 0 Å². The molecular weight excluding hydrogens is 673 g/mol. The first kappa shape index (κ1) is 34.5. The number of hydrogen-bond acceptors (Lipinski definition) is 5. The molecule has 6 aromatic carbocycles. The Morgan fingerprint density at radius 3 is 1.05 bits per heavy atom. The van der Waals surface area contributed by atoms with Crippen molar-refractivity contribution in [3.8, 4) is 73.9 Å². The quantitative estimate of drug-likeness (QED) is 0.147. The summed E-state index contributed by atoms with van der Waals surface area (Å²) < 4.78 is 0. The number of rotatable bonds is 8. The van der Waals surface area contributed by atoms with Crippen LogP contribution in [0.4, 0.5) is 5.69 Å². The van der Waals surface area contributed by atoms with Crippen molar-refractivity contribution in [3.05, 3.63) is 198 Å². The summed E-state index contributed by atoms with van der Waals surface area (Å²) in [7, 11) is 0. The lowest BCUT2D eigenvalue weighted by atomic mass is 9.77. The maximum absolute atomic E-state index is 10.3. The minimum atomic E-state index is -0.341. The summed E-state index contributed by atoms with van der Waals surface area (Å²) >= 11 is 0. The highest BCUT2D eigenvalue weighted by molar-refractivity contribution is 5.88. The van der Waals surface area contributed by atoms with Crippen LogP contribution in [0.3, 0.4) is 0 Å². The number of nitrogens with zero attached hydrogens (tertiary/aromatic N) is 6. The normalized spacial score (nSPS) is 11.1. The van der Waals surface area contributed by atoms with Crippen molar-refractivity contribution < 1.29 is 0 Å². The Morgan fingerprint density at radius 1 is 0.436 bits per heavy atom. The van der Waals surface area contributed by atoms with Gasteiger partial charge in [0.15, 0.2) is 11.6 Å². The number of benzene rings is 6. The average molecular weight is 707 g/mol. The molecule has 0 aliphatic carbocycles. The van der Waals surface area contributed by atoms with E-state index in [2.05, 4.69) is 73.3 Å². The molecule has 0 fully saturated rings. The van der Waals surface area contributed by atoms with Crippen LogP contribution < -0.4 is 0 Å². The lowest BCUT2D eigenvalue weighted by Crippen LogP contribution is -2.18. The molecule has 2 aromatic heterocycles. The van der Waals surface area contributed by atoms with Crippen molar-refractivity contribution in [2.45, 2.75) is 19.3 Å². The molecule has 55 heavy (non-hydrogen) atoms. The molecule has 8 aromatic rings. The van der Waals surface area contributed by atoms with Crippen molar-refractivity contribution >= 4 is 5.69 Å². The number of hydrogen-bond donors (Lipinski definition) is 0. The van der Waals surface area contributed by atoms with E-state index in [0.717, 1.165) is 44.5 Å². The van der Waals surface area contributed by atoms with Gasteiger partial charge in [0.25, 0.3) is 0 Å². The molecule has 2 heterocycles. The van der Waals surface area contributed by atoms with Crippen LogP contribution in [0.1, 0.15) is 30.5 Å². The molecule has 0 amide bonds. The van der Waals surface area contributed by atoms with Crippen molar-refractivity contribution in [1.82, 2.24) is 19.9 Å². The SMILES string of the molecule is [C-]#[N+]c1c(-c2ccccc2)nc(-c2ccc(C(C)(C)c3ccc(-c4nc(-c5ccccc5)c(C#N)c(-c5ccccc5)n4)cc3)cc2)nc1-c1ccccc1. The van der Waals surface area contributed by atoms with Gasteiger partial charge in [-0.25, -0.2) is 24.8 Å². The van der Waals surface area contributed by atoms with Crippen LogP contribution in [0.25, 0.3) is 72.7 Å². The van der Waals surface area contributed by atoms with Crippen LogP contribution in [0.5, 0.6) is 0 Å². The fraction of sp³-hybridized carbons (Fsp3) is 0.0612. The molecule has 0 unspecified atom stereocenters. The van der Waals surface area contributed by atoms with E-state index in [1.165, 1.54) is 0 Å². The van der Waals surface area contributed by atoms with E-state index in [9.17, 15) is 5.26 Å². The van der Waals surface area contributed by atoms with E-state index in [1.807, 2.05) is 121 Å². The van der Waals surface area contributed by atoms with Gasteiger partial charge in [0.2, 0.25) is 5.69 Å². The molecule has 0 saturated carbocycles. The highest BCUT2D eigenvalue weighted by Crippen LogP contribution is 2.40. The summed E-state index contributed by atoms with van der Waals surface area (Å²) in [6.45, 7) is 12.5. The maximum atomic E-state index is 10.3. The van der Waals surface area contributed by atoms with Gasteiger partial charge in [0.1, 0.15) is 11.6 Å². The Hall–Kier alpha value is -7.54. The van der Waals surface area contributed by atoms with Crippen LogP contribution >= 0.6 is 0 Å². The highest BCUT2D eigenvalue weighted by atomic mass is 14.9. The third-order valence-electron chi connectivity index (χ3n) is 9.94. The van der Waals surface area contributed by atoms with E-state index >= 15 is 0 Å². The molecule has 0 atom stereocenters. The Kier molecular flexibility index (Phi) is 9.31. The molecule has 0 spiro atoms. The summed E-state index contributed by atoms with van der Waals surface area (Å²) in [6.07, 6.45) is 0. The molecule has 6 nitrogen and oxygen atoms in total. The minimum Gasteiger partial charge on any atom is -0.240 e. The largest absolute Gasteiger partial charge is 0.240 e. The van der Waals surface area contributed by atoms with Crippen LogP contribution in [-0.2, 0) is 5.41 Å². The predicted molar refractivity (Wildman–Crippen MR) is 220 cm³/mol. The molecule has 8 rings (SSSR count). The molecule has 6 heteroatoms. The van der Waals surface area contributed by atoms with Crippen molar-refractivity contribution in [1.29, 1.82) is 5.26 Å². The van der Waals surface area contributed by atoms with E-state index in [-0.39, 0.29) is 5.41 Å². The first-order valence-electron chi connectivity index (χ1n) is 18.0. The van der Waals surface area contributed by atoms with Gasteiger partial charge in [-0.15, -0.1) is 0 Å². The van der Waals surface area contributed by atoms with Crippen molar-refractivity contribution in [2.75, 3.05) is 0 Å². The van der Waals surface area contributed by atoms with Gasteiger partial charge in [0.05, 0.1) is 29.3 Å². The van der Waals surface area contributed by atoms with Crippen LogP contribution in [-0.4, -0.2) is 19.9 Å². The zero-order valence-corrected chi connectivity index (χ0v) is 30.3. The zero-order valence-electron chi connectivity index (χ0n) is 30.3. The third-order valence-corrected chi connectivity index (χ3v) is 9.94. The lowest BCUT2D eigenvalue weighted by Gasteiger charge is -2.26. The monoisotopic (exact) mass is 706 g/mol. The van der Waals surface area contributed by atoms with Gasteiger partial charge >= 0.3 is 0 Å². The van der Waals surface area contributed by atoms with Gasteiger partial charge < -0.3 is 0 Å². The van der Waals surface area contributed by atoms with Gasteiger partial charge in [-0.3, -0.25) is 0 Å². The number of aromatic nitrogens is 4. The van der Waals surface area contributed by atoms with Crippen molar-refractivity contribution in [3.63, 3.8) is 0 Å². The van der Waals surface area contributed by atoms with E-state index in [4.69, 9.17) is 26.5 Å². The minimum absolute atomic E-state index is 0.341. The fourth-order valence-electron chi connectivity index (χ4n) is 6.83. The smallest absolute Gasteiger partial charge is 0.238 e. The van der Waals surface area contributed by atoms with E-state index in [1.54, 1.807) is 0 Å². The fourth-order valence-corrected chi connectivity index (χ4v) is 6.83. The van der Waals surface area contributed by atoms with Gasteiger partial charge in [-0.1, -0.05) is 184 Å². The molecule has 0 saturated heterocycles. The lowest BCUT2D eigenvalue weighted by molar-refractivity contribution is 0.641. The molecule has 260 valence electrons. The van der Waals surface area contributed by atoms with Gasteiger partial charge in [0, 0.05) is 27.7 Å². The second kappa shape index (κ2) is 14.8.